The van der Waals surface area contributed by atoms with Crippen LogP contribution in [0.4, 0.5) is 8.78 Å². The van der Waals surface area contributed by atoms with E-state index in [4.69, 9.17) is 0 Å². The Morgan fingerprint density at radius 3 is 2.12 bits per heavy atom. The molecule has 0 unspecified atom stereocenters. The van der Waals surface area contributed by atoms with E-state index in [0.29, 0.717) is 0 Å². The summed E-state index contributed by atoms with van der Waals surface area (Å²) in [6.45, 7) is 6.28. The summed E-state index contributed by atoms with van der Waals surface area (Å²) >= 11 is 0. The lowest BCUT2D eigenvalue weighted by atomic mass is 10.4. The van der Waals surface area contributed by atoms with Crippen molar-refractivity contribution >= 4 is 9.84 Å². The normalized spacial score (nSPS) is 11.6. The van der Waals surface area contributed by atoms with Gasteiger partial charge in [0, 0.05) is 0 Å². The molecule has 0 fully saturated rings. The molecule has 0 aliphatic rings. The van der Waals surface area contributed by atoms with E-state index in [9.17, 15) is 17.2 Å². The Morgan fingerprint density at radius 2 is 1.65 bits per heavy atom. The van der Waals surface area contributed by atoms with Gasteiger partial charge in [-0.2, -0.15) is 0 Å². The van der Waals surface area contributed by atoms with Gasteiger partial charge in [0.2, 0.25) is 9.84 Å². The Hall–Kier alpha value is -1.75. The highest BCUT2D eigenvalue weighted by atomic mass is 32.2. The fourth-order valence-corrected chi connectivity index (χ4v) is 2.08. The molecule has 0 atom stereocenters. The van der Waals surface area contributed by atoms with Gasteiger partial charge in [-0.05, 0) is 36.4 Å². The van der Waals surface area contributed by atoms with Gasteiger partial charge in [0.1, 0.15) is 11.6 Å². The van der Waals surface area contributed by atoms with E-state index in [-0.39, 0.29) is 9.80 Å². The number of rotatable bonds is 4. The van der Waals surface area contributed by atoms with Gasteiger partial charge in [-0.15, -0.1) is 0 Å². The van der Waals surface area contributed by atoms with Crippen LogP contribution in [0.2, 0.25) is 0 Å². The molecule has 0 amide bonds. The highest BCUT2D eigenvalue weighted by molar-refractivity contribution is 7.95. The van der Waals surface area contributed by atoms with Crippen LogP contribution in [0.25, 0.3) is 0 Å². The zero-order valence-electron chi connectivity index (χ0n) is 8.86. The zero-order chi connectivity index (χ0) is 13.1. The molecule has 0 aliphatic heterocycles. The van der Waals surface area contributed by atoms with Crippen LogP contribution < -0.4 is 0 Å². The molecular weight excluding hydrogens is 246 g/mol. The van der Waals surface area contributed by atoms with Crippen molar-refractivity contribution in [2.45, 2.75) is 4.90 Å². The third-order valence-corrected chi connectivity index (χ3v) is 3.64. The van der Waals surface area contributed by atoms with Gasteiger partial charge in [-0.1, -0.05) is 13.2 Å². The van der Waals surface area contributed by atoms with Gasteiger partial charge in [-0.3, -0.25) is 0 Å². The molecule has 1 aromatic carbocycles. The van der Waals surface area contributed by atoms with Crippen LogP contribution in [-0.4, -0.2) is 8.42 Å². The first-order chi connectivity index (χ1) is 7.84. The Kier molecular flexibility index (Phi) is 3.96. The predicted octanol–water partition coefficient (Wildman–Crippen LogP) is 3.15. The van der Waals surface area contributed by atoms with Gasteiger partial charge >= 0.3 is 0 Å². The van der Waals surface area contributed by atoms with Gasteiger partial charge < -0.3 is 0 Å². The lowest BCUT2D eigenvalue weighted by molar-refractivity contribution is 0.601. The van der Waals surface area contributed by atoms with Crippen molar-refractivity contribution in [2.75, 3.05) is 0 Å². The zero-order valence-corrected chi connectivity index (χ0v) is 9.68. The van der Waals surface area contributed by atoms with Gasteiger partial charge in [0.15, 0.2) is 0 Å². The molecule has 1 rings (SSSR count). The number of hydrogen-bond acceptors (Lipinski definition) is 2. The van der Waals surface area contributed by atoms with Crippen LogP contribution in [-0.2, 0) is 9.84 Å². The maximum absolute atomic E-state index is 12.6. The molecule has 0 saturated heterocycles. The minimum atomic E-state index is -3.81. The molecule has 0 aliphatic carbocycles. The third kappa shape index (κ3) is 3.35. The van der Waals surface area contributed by atoms with Crippen LogP contribution in [0.3, 0.4) is 0 Å². The minimum absolute atomic E-state index is 0.0991. The van der Waals surface area contributed by atoms with Crippen molar-refractivity contribution in [1.29, 1.82) is 0 Å². The van der Waals surface area contributed by atoms with E-state index < -0.39 is 21.5 Å². The number of allylic oxidation sites excluding steroid dienone is 3. The molecule has 0 bridgehead atoms. The standard InChI is InChI=1S/C12H10F2O2S/c1-9(13)3-4-10(2)17(15,16)12-7-5-11(14)6-8-12/h3-8H,1-2H2/b4-3-. The molecule has 1 aromatic rings. The molecule has 0 spiro atoms. The van der Waals surface area contributed by atoms with Crippen molar-refractivity contribution in [3.63, 3.8) is 0 Å². The largest absolute Gasteiger partial charge is 0.219 e. The maximum Gasteiger partial charge on any atom is 0.206 e. The molecule has 0 heterocycles. The quantitative estimate of drug-likeness (QED) is 0.612. The highest BCUT2D eigenvalue weighted by Crippen LogP contribution is 2.19. The van der Waals surface area contributed by atoms with Crippen molar-refractivity contribution < 1.29 is 17.2 Å². The topological polar surface area (TPSA) is 34.1 Å². The summed E-state index contributed by atoms with van der Waals surface area (Å²) in [6, 6.07) is 4.29. The second kappa shape index (κ2) is 5.05. The Balaban J connectivity index is 3.08. The molecule has 0 N–H and O–H groups in total. The third-order valence-electron chi connectivity index (χ3n) is 1.92. The minimum Gasteiger partial charge on any atom is -0.219 e. The SMILES string of the molecule is C=C(F)/C=C\C(=C)S(=O)(=O)c1ccc(F)cc1. The smallest absolute Gasteiger partial charge is 0.206 e. The van der Waals surface area contributed by atoms with Crippen LogP contribution in [0, 0.1) is 5.82 Å². The lowest BCUT2D eigenvalue weighted by Crippen LogP contribution is -2.02. The fourth-order valence-electron chi connectivity index (χ4n) is 1.04. The number of benzene rings is 1. The van der Waals surface area contributed by atoms with Crippen molar-refractivity contribution in [3.05, 3.63) is 66.1 Å². The molecule has 0 radical (unpaired) electrons. The first-order valence-corrected chi connectivity index (χ1v) is 6.04. The van der Waals surface area contributed by atoms with Gasteiger partial charge in [0.25, 0.3) is 0 Å². The van der Waals surface area contributed by atoms with Crippen molar-refractivity contribution in [1.82, 2.24) is 0 Å². The van der Waals surface area contributed by atoms with Gasteiger partial charge in [-0.25, -0.2) is 17.2 Å². The van der Waals surface area contributed by atoms with E-state index in [1.165, 1.54) is 0 Å². The Bertz CT molecular complexity index is 569. The molecule has 0 saturated carbocycles. The molecule has 5 heteroatoms. The molecule has 90 valence electrons. The van der Waals surface area contributed by atoms with E-state index in [1.807, 2.05) is 0 Å². The molecule has 2 nitrogen and oxygen atoms in total. The molecule has 0 aromatic heterocycles. The van der Waals surface area contributed by atoms with Crippen LogP contribution >= 0.6 is 0 Å². The predicted molar refractivity (Wildman–Crippen MR) is 62.1 cm³/mol. The van der Waals surface area contributed by atoms with E-state index in [2.05, 4.69) is 13.2 Å². The second-order valence-electron chi connectivity index (χ2n) is 3.20. The summed E-state index contributed by atoms with van der Waals surface area (Å²) in [5, 5.41) is 0. The summed E-state index contributed by atoms with van der Waals surface area (Å²) in [5.74, 6) is -1.32. The molecular formula is C12H10F2O2S. The van der Waals surface area contributed by atoms with Crippen LogP contribution in [0.1, 0.15) is 0 Å². The monoisotopic (exact) mass is 256 g/mol. The fraction of sp³-hybridized carbons (Fsp3) is 0. The Morgan fingerprint density at radius 1 is 1.12 bits per heavy atom. The van der Waals surface area contributed by atoms with E-state index in [0.717, 1.165) is 36.4 Å². The van der Waals surface area contributed by atoms with Gasteiger partial charge in [0.05, 0.1) is 9.80 Å². The number of sulfone groups is 1. The van der Waals surface area contributed by atoms with Crippen molar-refractivity contribution in [3.8, 4) is 0 Å². The van der Waals surface area contributed by atoms with Crippen LogP contribution in [0.5, 0.6) is 0 Å². The van der Waals surface area contributed by atoms with E-state index in [1.54, 1.807) is 0 Å². The first-order valence-electron chi connectivity index (χ1n) is 4.56. The second-order valence-corrected chi connectivity index (χ2v) is 5.21. The summed E-state index contributed by atoms with van der Waals surface area (Å²) in [7, 11) is -3.81. The lowest BCUT2D eigenvalue weighted by Gasteiger charge is -2.03. The first kappa shape index (κ1) is 13.3. The summed E-state index contributed by atoms with van der Waals surface area (Å²) in [6.07, 6.45) is 1.89. The van der Waals surface area contributed by atoms with Crippen LogP contribution in [0.15, 0.2) is 65.2 Å². The number of halogens is 2. The maximum atomic E-state index is 12.6. The number of hydrogen-bond donors (Lipinski definition) is 0. The average molecular weight is 256 g/mol. The highest BCUT2D eigenvalue weighted by Gasteiger charge is 2.16. The summed E-state index contributed by atoms with van der Waals surface area (Å²) in [4.78, 5) is -0.388. The average Bonchev–Trinajstić information content (AvgIpc) is 2.26. The van der Waals surface area contributed by atoms with E-state index >= 15 is 0 Å². The Labute approximate surface area is 98.5 Å². The summed E-state index contributed by atoms with van der Waals surface area (Å²) in [5.41, 5.74) is 0. The molecule has 17 heavy (non-hydrogen) atoms. The van der Waals surface area contributed by atoms with Crippen molar-refractivity contribution in [2.24, 2.45) is 0 Å². The summed E-state index contributed by atoms with van der Waals surface area (Å²) < 4.78 is 48.6.